The highest BCUT2D eigenvalue weighted by Crippen LogP contribution is 2.36. The van der Waals surface area contributed by atoms with Crippen molar-refractivity contribution in [1.29, 1.82) is 0 Å². The second kappa shape index (κ2) is 7.39. The standard InChI is InChI=1S/C21H13Cl2FN2O3/c22-12-4-6-17-15(8-12)18(14-2-1-7-25-20(14)27)19(21(28)29)26(17)10-11-3-5-13(24)9-16(11)23/h1-9H,10H2,(H,25,27)(H,28,29). The molecule has 0 saturated heterocycles. The van der Waals surface area contributed by atoms with Crippen LogP contribution in [-0.4, -0.2) is 20.6 Å². The van der Waals surface area contributed by atoms with Crippen molar-refractivity contribution in [2.45, 2.75) is 6.54 Å². The number of aromatic carboxylic acids is 1. The van der Waals surface area contributed by atoms with Crippen LogP contribution in [-0.2, 0) is 6.54 Å². The summed E-state index contributed by atoms with van der Waals surface area (Å²) in [6.45, 7) is 0.0730. The van der Waals surface area contributed by atoms with E-state index in [2.05, 4.69) is 4.98 Å². The smallest absolute Gasteiger partial charge is 0.353 e. The Hall–Kier alpha value is -3.09. The van der Waals surface area contributed by atoms with E-state index in [4.69, 9.17) is 23.2 Å². The first-order valence-corrected chi connectivity index (χ1v) is 9.29. The average Bonchev–Trinajstić information content (AvgIpc) is 2.98. The van der Waals surface area contributed by atoms with Gasteiger partial charge in [-0.15, -0.1) is 0 Å². The highest BCUT2D eigenvalue weighted by molar-refractivity contribution is 6.32. The minimum absolute atomic E-state index is 0.0730. The molecule has 2 N–H and O–H groups in total. The van der Waals surface area contributed by atoms with Crippen LogP contribution in [0.1, 0.15) is 16.1 Å². The Morgan fingerprint density at radius 3 is 2.62 bits per heavy atom. The Bertz CT molecular complexity index is 1330. The molecule has 4 rings (SSSR count). The molecule has 0 bridgehead atoms. The van der Waals surface area contributed by atoms with Crippen LogP contribution >= 0.6 is 23.2 Å². The van der Waals surface area contributed by atoms with E-state index in [1.165, 1.54) is 29.0 Å². The zero-order chi connectivity index (χ0) is 20.7. The van der Waals surface area contributed by atoms with Crippen LogP contribution in [0.25, 0.3) is 22.0 Å². The number of carboxylic acid groups (broad SMARTS) is 1. The molecule has 29 heavy (non-hydrogen) atoms. The lowest BCUT2D eigenvalue weighted by molar-refractivity contribution is 0.0687. The molecule has 4 aromatic rings. The number of aromatic nitrogens is 2. The summed E-state index contributed by atoms with van der Waals surface area (Å²) < 4.78 is 15.0. The molecule has 146 valence electrons. The number of H-pyrrole nitrogens is 1. The number of halogens is 3. The maximum Gasteiger partial charge on any atom is 0.353 e. The predicted octanol–water partition coefficient (Wildman–Crippen LogP) is 5.19. The maximum atomic E-state index is 13.4. The number of nitrogens with one attached hydrogen (secondary N) is 1. The second-order valence-electron chi connectivity index (χ2n) is 6.43. The third-order valence-corrected chi connectivity index (χ3v) is 5.25. The summed E-state index contributed by atoms with van der Waals surface area (Å²) in [5, 5.41) is 11.1. The van der Waals surface area contributed by atoms with E-state index in [1.807, 2.05) is 0 Å². The summed E-state index contributed by atoms with van der Waals surface area (Å²) in [4.78, 5) is 27.2. The topological polar surface area (TPSA) is 75.1 Å². The predicted molar refractivity (Wildman–Crippen MR) is 110 cm³/mol. The number of pyridine rings is 1. The molecule has 2 aromatic carbocycles. The van der Waals surface area contributed by atoms with Crippen molar-refractivity contribution >= 4 is 40.1 Å². The SMILES string of the molecule is O=C(O)c1c(-c2ccc[nH]c2=O)c2cc(Cl)ccc2n1Cc1ccc(F)cc1Cl. The zero-order valence-corrected chi connectivity index (χ0v) is 16.3. The summed E-state index contributed by atoms with van der Waals surface area (Å²) in [6, 6.07) is 12.0. The molecule has 8 heteroatoms. The first kappa shape index (κ1) is 19.2. The monoisotopic (exact) mass is 430 g/mol. The third kappa shape index (κ3) is 3.41. The van der Waals surface area contributed by atoms with Crippen LogP contribution in [0.15, 0.2) is 59.5 Å². The second-order valence-corrected chi connectivity index (χ2v) is 7.27. The van der Waals surface area contributed by atoms with Gasteiger partial charge in [0.15, 0.2) is 0 Å². The van der Waals surface area contributed by atoms with Gasteiger partial charge in [0.05, 0.1) is 0 Å². The fraction of sp³-hybridized carbons (Fsp3) is 0.0476. The van der Waals surface area contributed by atoms with Gasteiger partial charge in [-0.3, -0.25) is 4.79 Å². The van der Waals surface area contributed by atoms with E-state index in [0.717, 1.165) is 0 Å². The maximum absolute atomic E-state index is 13.4. The molecular weight excluding hydrogens is 418 g/mol. The van der Waals surface area contributed by atoms with Crippen LogP contribution in [0.5, 0.6) is 0 Å². The molecule has 2 aromatic heterocycles. The van der Waals surface area contributed by atoms with Crippen molar-refractivity contribution in [3.8, 4) is 11.1 Å². The summed E-state index contributed by atoms with van der Waals surface area (Å²) in [5.41, 5.74) is 1.06. The third-order valence-electron chi connectivity index (χ3n) is 4.66. The summed E-state index contributed by atoms with van der Waals surface area (Å²) in [7, 11) is 0. The molecule has 0 radical (unpaired) electrons. The van der Waals surface area contributed by atoms with Gasteiger partial charge in [-0.2, -0.15) is 0 Å². The molecule has 0 amide bonds. The van der Waals surface area contributed by atoms with Gasteiger partial charge in [-0.05, 0) is 48.0 Å². The lowest BCUT2D eigenvalue weighted by Crippen LogP contribution is -2.13. The molecule has 0 saturated carbocycles. The number of hydrogen-bond donors (Lipinski definition) is 2. The molecule has 0 aliphatic rings. The van der Waals surface area contributed by atoms with E-state index >= 15 is 0 Å². The van der Waals surface area contributed by atoms with Crippen molar-refractivity contribution in [3.63, 3.8) is 0 Å². The minimum atomic E-state index is -1.21. The van der Waals surface area contributed by atoms with Crippen LogP contribution in [0.2, 0.25) is 10.0 Å². The Morgan fingerprint density at radius 1 is 1.14 bits per heavy atom. The lowest BCUT2D eigenvalue weighted by Gasteiger charge is -2.11. The Morgan fingerprint density at radius 2 is 1.93 bits per heavy atom. The van der Waals surface area contributed by atoms with Gasteiger partial charge in [0.25, 0.3) is 5.56 Å². The number of benzene rings is 2. The van der Waals surface area contributed by atoms with Crippen LogP contribution in [0, 0.1) is 5.82 Å². The van der Waals surface area contributed by atoms with Crippen molar-refractivity contribution in [2.24, 2.45) is 0 Å². The molecule has 5 nitrogen and oxygen atoms in total. The van der Waals surface area contributed by atoms with Crippen molar-refractivity contribution in [3.05, 3.63) is 92.2 Å². The number of fused-ring (bicyclic) bond motifs is 1. The molecule has 0 unspecified atom stereocenters. The summed E-state index contributed by atoms with van der Waals surface area (Å²) in [6.07, 6.45) is 1.47. The molecule has 0 atom stereocenters. The first-order valence-electron chi connectivity index (χ1n) is 8.54. The quantitative estimate of drug-likeness (QED) is 0.467. The van der Waals surface area contributed by atoms with Crippen molar-refractivity contribution < 1.29 is 14.3 Å². The number of carbonyl (C=O) groups is 1. The number of hydrogen-bond acceptors (Lipinski definition) is 2. The Kier molecular flexibility index (Phi) is 4.90. The van der Waals surface area contributed by atoms with Crippen LogP contribution < -0.4 is 5.56 Å². The largest absolute Gasteiger partial charge is 0.477 e. The van der Waals surface area contributed by atoms with Gasteiger partial charge < -0.3 is 14.7 Å². The molecule has 0 spiro atoms. The number of carboxylic acids is 1. The van der Waals surface area contributed by atoms with Gasteiger partial charge in [-0.25, -0.2) is 9.18 Å². The van der Waals surface area contributed by atoms with Gasteiger partial charge in [0, 0.05) is 44.8 Å². The zero-order valence-electron chi connectivity index (χ0n) is 14.7. The summed E-state index contributed by atoms with van der Waals surface area (Å²) >= 11 is 12.3. The van der Waals surface area contributed by atoms with E-state index in [9.17, 15) is 19.1 Å². The molecule has 0 fully saturated rings. The molecule has 0 aliphatic heterocycles. The van der Waals surface area contributed by atoms with Gasteiger partial charge >= 0.3 is 5.97 Å². The highest BCUT2D eigenvalue weighted by Gasteiger charge is 2.25. The fourth-order valence-electron chi connectivity index (χ4n) is 3.42. The Labute approximate surface area is 173 Å². The molecular formula is C21H13Cl2FN2O3. The lowest BCUT2D eigenvalue weighted by atomic mass is 10.0. The Balaban J connectivity index is 2.07. The minimum Gasteiger partial charge on any atom is -0.477 e. The highest BCUT2D eigenvalue weighted by atomic mass is 35.5. The molecule has 2 heterocycles. The first-order chi connectivity index (χ1) is 13.9. The van der Waals surface area contributed by atoms with E-state index in [-0.39, 0.29) is 28.4 Å². The van der Waals surface area contributed by atoms with E-state index in [1.54, 1.807) is 30.3 Å². The van der Waals surface area contributed by atoms with Gasteiger partial charge in [0.2, 0.25) is 0 Å². The number of rotatable bonds is 4. The normalized spacial score (nSPS) is 11.1. The van der Waals surface area contributed by atoms with Crippen molar-refractivity contribution in [1.82, 2.24) is 9.55 Å². The summed E-state index contributed by atoms with van der Waals surface area (Å²) in [5.74, 6) is -1.70. The van der Waals surface area contributed by atoms with Crippen molar-refractivity contribution in [2.75, 3.05) is 0 Å². The van der Waals surface area contributed by atoms with E-state index in [0.29, 0.717) is 21.5 Å². The van der Waals surface area contributed by atoms with E-state index < -0.39 is 17.3 Å². The average molecular weight is 431 g/mol. The number of nitrogens with zero attached hydrogens (tertiary/aromatic N) is 1. The number of aromatic amines is 1. The van der Waals surface area contributed by atoms with Gasteiger partial charge in [0.1, 0.15) is 11.5 Å². The van der Waals surface area contributed by atoms with Crippen LogP contribution in [0.3, 0.4) is 0 Å². The van der Waals surface area contributed by atoms with Crippen LogP contribution in [0.4, 0.5) is 4.39 Å². The fourth-order valence-corrected chi connectivity index (χ4v) is 3.82. The molecule has 0 aliphatic carbocycles. The van der Waals surface area contributed by atoms with Gasteiger partial charge in [-0.1, -0.05) is 29.3 Å².